The van der Waals surface area contributed by atoms with Crippen LogP contribution < -0.4 is 11.1 Å². The molecule has 0 aromatic heterocycles. The fraction of sp³-hybridized carbons (Fsp3) is 0.588. The highest BCUT2D eigenvalue weighted by Gasteiger charge is 2.40. The van der Waals surface area contributed by atoms with Crippen LogP contribution in [0.3, 0.4) is 0 Å². The Morgan fingerprint density at radius 1 is 1.25 bits per heavy atom. The molecule has 3 N–H and O–H groups in total. The molecule has 2 fully saturated rings. The van der Waals surface area contributed by atoms with Crippen molar-refractivity contribution in [1.82, 2.24) is 5.32 Å². The summed E-state index contributed by atoms with van der Waals surface area (Å²) in [6.45, 7) is 0.531. The molecule has 0 saturated heterocycles. The minimum atomic E-state index is -0.111. The summed E-state index contributed by atoms with van der Waals surface area (Å²) < 4.78 is 0. The van der Waals surface area contributed by atoms with Crippen LogP contribution in [0.2, 0.25) is 0 Å². The van der Waals surface area contributed by atoms with E-state index in [-0.39, 0.29) is 11.9 Å². The van der Waals surface area contributed by atoms with Gasteiger partial charge in [0, 0.05) is 19.0 Å². The molecule has 4 atom stereocenters. The molecule has 0 heterocycles. The summed E-state index contributed by atoms with van der Waals surface area (Å²) in [5.41, 5.74) is 7.17. The lowest BCUT2D eigenvalue weighted by atomic mass is 9.86. The third-order valence-electron chi connectivity index (χ3n) is 5.08. The van der Waals surface area contributed by atoms with E-state index in [0.29, 0.717) is 18.9 Å². The highest BCUT2D eigenvalue weighted by molar-refractivity contribution is 5.76. The predicted octanol–water partition coefficient (Wildman–Crippen LogP) is 2.63. The summed E-state index contributed by atoms with van der Waals surface area (Å²) in [5, 5.41) is 3.00. The number of benzene rings is 1. The van der Waals surface area contributed by atoms with Crippen LogP contribution in [0.5, 0.6) is 0 Å². The average Bonchev–Trinajstić information content (AvgIpc) is 3.08. The van der Waals surface area contributed by atoms with Crippen molar-refractivity contribution in [3.05, 3.63) is 35.9 Å². The molecule has 108 valence electrons. The molecule has 2 saturated carbocycles. The van der Waals surface area contributed by atoms with Gasteiger partial charge in [-0.3, -0.25) is 4.79 Å². The van der Waals surface area contributed by atoms with Crippen molar-refractivity contribution in [2.24, 2.45) is 23.5 Å². The Bertz CT molecular complexity index is 459. The molecule has 1 aromatic rings. The second-order valence-electron chi connectivity index (χ2n) is 6.46. The number of nitrogens with one attached hydrogen (secondary N) is 1. The molecule has 1 aromatic carbocycles. The van der Waals surface area contributed by atoms with E-state index in [1.165, 1.54) is 25.7 Å². The molecule has 4 unspecified atom stereocenters. The minimum absolute atomic E-state index is 0.111. The Kier molecular flexibility index (Phi) is 4.06. The normalized spacial score (nSPS) is 29.4. The molecule has 3 rings (SSSR count). The van der Waals surface area contributed by atoms with Gasteiger partial charge in [0.1, 0.15) is 0 Å². The molecule has 3 nitrogen and oxygen atoms in total. The van der Waals surface area contributed by atoms with Crippen molar-refractivity contribution in [1.29, 1.82) is 0 Å². The standard InChI is InChI=1S/C17H24N2O/c18-16(13-4-2-1-3-5-13)11-19-17(20)10-15-9-12-6-7-14(15)8-12/h1-5,12,14-16H,6-11,18H2,(H,19,20). The second kappa shape index (κ2) is 5.96. The number of fused-ring (bicyclic) bond motifs is 2. The molecule has 0 radical (unpaired) electrons. The van der Waals surface area contributed by atoms with Crippen LogP contribution in [0, 0.1) is 17.8 Å². The maximum absolute atomic E-state index is 12.0. The number of hydrogen-bond donors (Lipinski definition) is 2. The third kappa shape index (κ3) is 3.04. The fourth-order valence-corrected chi connectivity index (χ4v) is 3.98. The largest absolute Gasteiger partial charge is 0.354 e. The lowest BCUT2D eigenvalue weighted by Crippen LogP contribution is -2.33. The highest BCUT2D eigenvalue weighted by Crippen LogP contribution is 2.49. The molecule has 1 amide bonds. The van der Waals surface area contributed by atoms with Gasteiger partial charge in [0.25, 0.3) is 0 Å². The van der Waals surface area contributed by atoms with Gasteiger partial charge in [-0.2, -0.15) is 0 Å². The first-order chi connectivity index (χ1) is 9.72. The van der Waals surface area contributed by atoms with Gasteiger partial charge < -0.3 is 11.1 Å². The van der Waals surface area contributed by atoms with Crippen molar-refractivity contribution >= 4 is 5.91 Å². The number of carbonyl (C=O) groups excluding carboxylic acids is 1. The summed E-state index contributed by atoms with van der Waals surface area (Å²) in [5.74, 6) is 2.52. The Hall–Kier alpha value is -1.35. The van der Waals surface area contributed by atoms with Crippen LogP contribution in [0.1, 0.15) is 43.7 Å². The molecule has 0 spiro atoms. The van der Waals surface area contributed by atoms with Gasteiger partial charge in [0.15, 0.2) is 0 Å². The Balaban J connectivity index is 1.43. The van der Waals surface area contributed by atoms with Crippen molar-refractivity contribution in [3.63, 3.8) is 0 Å². The van der Waals surface area contributed by atoms with Crippen LogP contribution in [-0.2, 0) is 4.79 Å². The summed E-state index contributed by atoms with van der Waals surface area (Å²) in [4.78, 5) is 12.0. The summed E-state index contributed by atoms with van der Waals surface area (Å²) >= 11 is 0. The lowest BCUT2D eigenvalue weighted by molar-refractivity contribution is -0.122. The zero-order chi connectivity index (χ0) is 13.9. The maximum Gasteiger partial charge on any atom is 0.220 e. The SMILES string of the molecule is NC(CNC(=O)CC1CC2CCC1C2)c1ccccc1. The maximum atomic E-state index is 12.0. The van der Waals surface area contributed by atoms with E-state index >= 15 is 0 Å². The average molecular weight is 272 g/mol. The fourth-order valence-electron chi connectivity index (χ4n) is 3.98. The van der Waals surface area contributed by atoms with Crippen molar-refractivity contribution in [2.75, 3.05) is 6.54 Å². The first-order valence-electron chi connectivity index (χ1n) is 7.79. The Morgan fingerprint density at radius 2 is 2.05 bits per heavy atom. The Labute approximate surface area is 120 Å². The monoisotopic (exact) mass is 272 g/mol. The number of nitrogens with two attached hydrogens (primary N) is 1. The quantitative estimate of drug-likeness (QED) is 0.865. The molecule has 0 aliphatic heterocycles. The smallest absolute Gasteiger partial charge is 0.220 e. The van der Waals surface area contributed by atoms with E-state index in [2.05, 4.69) is 5.32 Å². The number of rotatable bonds is 5. The molecular weight excluding hydrogens is 248 g/mol. The Morgan fingerprint density at radius 3 is 2.70 bits per heavy atom. The van der Waals surface area contributed by atoms with Crippen LogP contribution in [0.4, 0.5) is 0 Å². The van der Waals surface area contributed by atoms with Gasteiger partial charge in [-0.25, -0.2) is 0 Å². The first-order valence-corrected chi connectivity index (χ1v) is 7.79. The van der Waals surface area contributed by atoms with E-state index in [1.54, 1.807) is 0 Å². The molecule has 2 aliphatic rings. The molecule has 3 heteroatoms. The van der Waals surface area contributed by atoms with Crippen LogP contribution >= 0.6 is 0 Å². The van der Waals surface area contributed by atoms with Gasteiger partial charge >= 0.3 is 0 Å². The number of amides is 1. The van der Waals surface area contributed by atoms with E-state index < -0.39 is 0 Å². The number of hydrogen-bond acceptors (Lipinski definition) is 2. The molecular formula is C17H24N2O. The predicted molar refractivity (Wildman–Crippen MR) is 79.9 cm³/mol. The van der Waals surface area contributed by atoms with Gasteiger partial charge in [-0.05, 0) is 42.6 Å². The second-order valence-corrected chi connectivity index (χ2v) is 6.46. The van der Waals surface area contributed by atoms with E-state index in [4.69, 9.17) is 5.73 Å². The zero-order valence-electron chi connectivity index (χ0n) is 11.9. The molecule has 20 heavy (non-hydrogen) atoms. The summed E-state index contributed by atoms with van der Waals surface area (Å²) in [6.07, 6.45) is 6.06. The summed E-state index contributed by atoms with van der Waals surface area (Å²) in [7, 11) is 0. The van der Waals surface area contributed by atoms with Gasteiger partial charge in [-0.15, -0.1) is 0 Å². The number of carbonyl (C=O) groups is 1. The molecule has 2 bridgehead atoms. The van der Waals surface area contributed by atoms with E-state index in [1.807, 2.05) is 30.3 Å². The minimum Gasteiger partial charge on any atom is -0.354 e. The van der Waals surface area contributed by atoms with E-state index in [9.17, 15) is 4.79 Å². The van der Waals surface area contributed by atoms with Gasteiger partial charge in [-0.1, -0.05) is 36.8 Å². The third-order valence-corrected chi connectivity index (χ3v) is 5.08. The zero-order valence-corrected chi connectivity index (χ0v) is 11.9. The van der Waals surface area contributed by atoms with Crippen molar-refractivity contribution in [2.45, 2.75) is 38.1 Å². The van der Waals surface area contributed by atoms with Crippen LogP contribution in [-0.4, -0.2) is 12.5 Å². The lowest BCUT2D eigenvalue weighted by Gasteiger charge is -2.21. The van der Waals surface area contributed by atoms with Crippen molar-refractivity contribution < 1.29 is 4.79 Å². The van der Waals surface area contributed by atoms with Crippen LogP contribution in [0.15, 0.2) is 30.3 Å². The van der Waals surface area contributed by atoms with Gasteiger partial charge in [0.05, 0.1) is 0 Å². The summed E-state index contributed by atoms with van der Waals surface area (Å²) in [6, 6.07) is 9.84. The van der Waals surface area contributed by atoms with Crippen LogP contribution in [0.25, 0.3) is 0 Å². The molecule has 2 aliphatic carbocycles. The topological polar surface area (TPSA) is 55.1 Å². The highest BCUT2D eigenvalue weighted by atomic mass is 16.1. The van der Waals surface area contributed by atoms with Gasteiger partial charge in [0.2, 0.25) is 5.91 Å². The van der Waals surface area contributed by atoms with Crippen molar-refractivity contribution in [3.8, 4) is 0 Å². The van der Waals surface area contributed by atoms with E-state index in [0.717, 1.165) is 17.4 Å². The first kappa shape index (κ1) is 13.6.